The van der Waals surface area contributed by atoms with Crippen LogP contribution in [0.4, 0.5) is 5.69 Å². The van der Waals surface area contributed by atoms with Crippen molar-refractivity contribution in [2.24, 2.45) is 4.99 Å². The van der Waals surface area contributed by atoms with Crippen molar-refractivity contribution in [3.8, 4) is 0 Å². The minimum absolute atomic E-state index is 0.215. The van der Waals surface area contributed by atoms with Crippen LogP contribution in [-0.2, 0) is 17.9 Å². The van der Waals surface area contributed by atoms with E-state index in [1.165, 1.54) is 4.88 Å². The fourth-order valence-electron chi connectivity index (χ4n) is 2.99. The number of aryl methyl sites for hydroxylation is 2. The van der Waals surface area contributed by atoms with Crippen LogP contribution in [0.25, 0.3) is 0 Å². The van der Waals surface area contributed by atoms with Gasteiger partial charge < -0.3 is 15.5 Å². The van der Waals surface area contributed by atoms with E-state index in [1.54, 1.807) is 11.3 Å². The van der Waals surface area contributed by atoms with Gasteiger partial charge in [0.15, 0.2) is 5.96 Å². The summed E-state index contributed by atoms with van der Waals surface area (Å²) < 4.78 is 0. The van der Waals surface area contributed by atoms with Crippen molar-refractivity contribution in [3.63, 3.8) is 0 Å². The highest BCUT2D eigenvalue weighted by molar-refractivity contribution is 7.11. The predicted octanol–water partition coefficient (Wildman–Crippen LogP) is 3.14. The summed E-state index contributed by atoms with van der Waals surface area (Å²) >= 11 is 1.71. The molecule has 1 amide bonds. The summed E-state index contributed by atoms with van der Waals surface area (Å²) in [4.78, 5) is 24.2. The van der Waals surface area contributed by atoms with Crippen LogP contribution in [0.1, 0.15) is 40.9 Å². The maximum atomic E-state index is 11.8. The third-order valence-electron chi connectivity index (χ3n) is 4.57. The molecule has 0 unspecified atom stereocenters. The van der Waals surface area contributed by atoms with Crippen molar-refractivity contribution in [1.82, 2.24) is 15.6 Å². The number of guanidine groups is 1. The Balaban J connectivity index is 1.59. The first kappa shape index (κ1) is 19.4. The molecule has 0 spiro atoms. The second kappa shape index (κ2) is 8.99. The summed E-state index contributed by atoms with van der Waals surface area (Å²) in [6.07, 6.45) is 1.60. The van der Waals surface area contributed by atoms with Gasteiger partial charge >= 0.3 is 0 Å². The molecule has 3 rings (SSSR count). The molecule has 27 heavy (non-hydrogen) atoms. The number of thiazole rings is 1. The lowest BCUT2D eigenvalue weighted by atomic mass is 10.2. The normalized spacial score (nSPS) is 14.7. The Labute approximate surface area is 164 Å². The van der Waals surface area contributed by atoms with Crippen LogP contribution in [0.2, 0.25) is 0 Å². The fraction of sp³-hybridized carbons (Fsp3) is 0.450. The van der Waals surface area contributed by atoms with Crippen LogP contribution < -0.4 is 15.5 Å². The molecule has 0 saturated carbocycles. The van der Waals surface area contributed by atoms with Crippen molar-refractivity contribution < 1.29 is 4.79 Å². The lowest BCUT2D eigenvalue weighted by Gasteiger charge is -2.15. The summed E-state index contributed by atoms with van der Waals surface area (Å²) in [5, 5.41) is 7.68. The third kappa shape index (κ3) is 5.07. The molecule has 1 aromatic carbocycles. The van der Waals surface area contributed by atoms with E-state index in [9.17, 15) is 4.79 Å². The molecule has 7 heteroatoms. The Morgan fingerprint density at radius 1 is 1.26 bits per heavy atom. The molecule has 2 heterocycles. The summed E-state index contributed by atoms with van der Waals surface area (Å²) in [7, 11) is 0. The Bertz CT molecular complexity index is 793. The van der Waals surface area contributed by atoms with Crippen LogP contribution in [-0.4, -0.2) is 29.9 Å². The minimum Gasteiger partial charge on any atom is -0.357 e. The number of rotatable bonds is 6. The highest BCUT2D eigenvalue weighted by Crippen LogP contribution is 2.21. The molecule has 6 nitrogen and oxygen atoms in total. The number of carbonyl (C=O) groups excluding carboxylic acids is 1. The molecule has 1 aliphatic rings. The molecular weight excluding hydrogens is 358 g/mol. The van der Waals surface area contributed by atoms with Gasteiger partial charge in [0.1, 0.15) is 5.01 Å². The quantitative estimate of drug-likeness (QED) is 0.592. The third-order valence-corrected chi connectivity index (χ3v) is 5.64. The van der Waals surface area contributed by atoms with Crippen molar-refractivity contribution in [1.29, 1.82) is 0 Å². The van der Waals surface area contributed by atoms with E-state index < -0.39 is 0 Å². The van der Waals surface area contributed by atoms with E-state index in [-0.39, 0.29) is 5.91 Å². The number of nitrogens with zero attached hydrogens (tertiary/aromatic N) is 3. The number of hydrogen-bond acceptors (Lipinski definition) is 4. The zero-order valence-corrected chi connectivity index (χ0v) is 17.0. The number of hydrogen-bond donors (Lipinski definition) is 2. The van der Waals surface area contributed by atoms with Crippen molar-refractivity contribution in [3.05, 3.63) is 45.4 Å². The van der Waals surface area contributed by atoms with E-state index in [1.807, 2.05) is 36.1 Å². The molecule has 0 aliphatic carbocycles. The number of benzene rings is 1. The van der Waals surface area contributed by atoms with E-state index in [0.29, 0.717) is 19.5 Å². The van der Waals surface area contributed by atoms with Gasteiger partial charge in [-0.1, -0.05) is 12.1 Å². The first-order valence-corrected chi connectivity index (χ1v) is 10.2. The summed E-state index contributed by atoms with van der Waals surface area (Å²) in [5.41, 5.74) is 3.18. The van der Waals surface area contributed by atoms with Gasteiger partial charge in [-0.25, -0.2) is 9.98 Å². The molecular formula is C20H27N5OS. The number of amides is 1. The molecule has 144 valence electrons. The van der Waals surface area contributed by atoms with Gasteiger partial charge in [-0.05, 0) is 44.9 Å². The van der Waals surface area contributed by atoms with E-state index in [0.717, 1.165) is 47.4 Å². The average molecular weight is 386 g/mol. The van der Waals surface area contributed by atoms with Crippen molar-refractivity contribution >= 4 is 28.9 Å². The molecule has 1 aliphatic heterocycles. The maximum Gasteiger partial charge on any atom is 0.227 e. The van der Waals surface area contributed by atoms with Crippen LogP contribution in [0.3, 0.4) is 0 Å². The molecule has 2 N–H and O–H groups in total. The van der Waals surface area contributed by atoms with Gasteiger partial charge in [-0.2, -0.15) is 0 Å². The summed E-state index contributed by atoms with van der Waals surface area (Å²) in [5.74, 6) is 0.994. The lowest BCUT2D eigenvalue weighted by molar-refractivity contribution is -0.117. The number of aromatic nitrogens is 1. The molecule has 0 bridgehead atoms. The number of aliphatic imine (C=N–C) groups is 1. The highest BCUT2D eigenvalue weighted by atomic mass is 32.1. The van der Waals surface area contributed by atoms with Crippen LogP contribution in [0.5, 0.6) is 0 Å². The van der Waals surface area contributed by atoms with Gasteiger partial charge in [0, 0.05) is 30.1 Å². The van der Waals surface area contributed by atoms with Crippen LogP contribution in [0, 0.1) is 13.8 Å². The number of anilines is 1. The molecule has 2 aromatic rings. The highest BCUT2D eigenvalue weighted by Gasteiger charge is 2.21. The monoisotopic (exact) mass is 385 g/mol. The Hall–Kier alpha value is -2.41. The number of carbonyl (C=O) groups is 1. The second-order valence-electron chi connectivity index (χ2n) is 6.61. The van der Waals surface area contributed by atoms with Gasteiger partial charge in [-0.15, -0.1) is 11.3 Å². The standard InChI is InChI=1S/C20H27N5OS/c1-4-21-20(23-13-18-24-14(2)15(3)27-18)22-12-16-7-9-17(10-8-16)25-11-5-6-19(25)26/h7-10H,4-6,11-13H2,1-3H3,(H2,21,22,23). The van der Waals surface area contributed by atoms with Gasteiger partial charge in [0.05, 0.1) is 18.8 Å². The minimum atomic E-state index is 0.215. The fourth-order valence-corrected chi connectivity index (χ4v) is 3.86. The van der Waals surface area contributed by atoms with Gasteiger partial charge in [0.25, 0.3) is 0 Å². The maximum absolute atomic E-state index is 11.8. The Morgan fingerprint density at radius 2 is 2.04 bits per heavy atom. The SMILES string of the molecule is CCNC(=NCc1ccc(N2CCCC2=O)cc1)NCc1nc(C)c(C)s1. The first-order chi connectivity index (χ1) is 13.1. The van der Waals surface area contributed by atoms with Gasteiger partial charge in [0.2, 0.25) is 5.91 Å². The van der Waals surface area contributed by atoms with E-state index in [4.69, 9.17) is 0 Å². The van der Waals surface area contributed by atoms with Crippen molar-refractivity contribution in [2.75, 3.05) is 18.0 Å². The van der Waals surface area contributed by atoms with E-state index >= 15 is 0 Å². The largest absolute Gasteiger partial charge is 0.357 e. The summed E-state index contributed by atoms with van der Waals surface area (Å²) in [6.45, 7) is 9.05. The molecule has 0 atom stereocenters. The smallest absolute Gasteiger partial charge is 0.227 e. The molecule has 1 aromatic heterocycles. The van der Waals surface area contributed by atoms with E-state index in [2.05, 4.69) is 34.5 Å². The molecule has 1 fully saturated rings. The zero-order chi connectivity index (χ0) is 19.2. The zero-order valence-electron chi connectivity index (χ0n) is 16.2. The second-order valence-corrected chi connectivity index (χ2v) is 7.90. The lowest BCUT2D eigenvalue weighted by Crippen LogP contribution is -2.36. The first-order valence-electron chi connectivity index (χ1n) is 9.41. The average Bonchev–Trinajstić information content (AvgIpc) is 3.23. The van der Waals surface area contributed by atoms with Crippen molar-refractivity contribution in [2.45, 2.75) is 46.7 Å². The summed E-state index contributed by atoms with van der Waals surface area (Å²) in [6, 6.07) is 8.11. The van der Waals surface area contributed by atoms with Crippen LogP contribution in [0.15, 0.2) is 29.3 Å². The predicted molar refractivity (Wildman–Crippen MR) is 111 cm³/mol. The molecule has 1 saturated heterocycles. The van der Waals surface area contributed by atoms with Gasteiger partial charge in [-0.3, -0.25) is 4.79 Å². The number of nitrogens with one attached hydrogen (secondary N) is 2. The Morgan fingerprint density at radius 3 is 2.63 bits per heavy atom. The topological polar surface area (TPSA) is 69.6 Å². The van der Waals surface area contributed by atoms with Crippen LogP contribution >= 0.6 is 11.3 Å². The molecule has 0 radical (unpaired) electrons. The Kier molecular flexibility index (Phi) is 6.45.